The van der Waals surface area contributed by atoms with Crippen molar-refractivity contribution < 1.29 is 4.74 Å². The van der Waals surface area contributed by atoms with Crippen molar-refractivity contribution in [2.75, 3.05) is 13.6 Å². The Hall–Kier alpha value is -0.680. The van der Waals surface area contributed by atoms with Gasteiger partial charge >= 0.3 is 0 Å². The molecule has 0 amide bonds. The van der Waals surface area contributed by atoms with Gasteiger partial charge in [0.1, 0.15) is 11.9 Å². The standard InChI is InChI=1S/C9H15N3OS/c1-6(5-10-2)13-9-11-8(12-14-9)7-3-4-7/h6-7,10H,3-5H2,1-2H3. The van der Waals surface area contributed by atoms with Gasteiger partial charge in [-0.15, -0.1) is 0 Å². The highest BCUT2D eigenvalue weighted by Crippen LogP contribution is 2.39. The molecule has 1 aliphatic carbocycles. The first-order chi connectivity index (χ1) is 6.79. The van der Waals surface area contributed by atoms with E-state index in [-0.39, 0.29) is 6.10 Å². The summed E-state index contributed by atoms with van der Waals surface area (Å²) in [5, 5.41) is 3.76. The zero-order valence-electron chi connectivity index (χ0n) is 8.49. The number of hydrogen-bond donors (Lipinski definition) is 1. The molecule has 1 unspecified atom stereocenters. The van der Waals surface area contributed by atoms with Gasteiger partial charge in [-0.2, -0.15) is 9.36 Å². The molecule has 4 nitrogen and oxygen atoms in total. The van der Waals surface area contributed by atoms with Crippen LogP contribution in [0.4, 0.5) is 0 Å². The van der Waals surface area contributed by atoms with E-state index in [1.807, 2.05) is 14.0 Å². The van der Waals surface area contributed by atoms with Crippen LogP contribution in [0, 0.1) is 0 Å². The second-order valence-electron chi connectivity index (χ2n) is 3.68. The molecule has 1 heterocycles. The van der Waals surface area contributed by atoms with Crippen LogP contribution in [0.3, 0.4) is 0 Å². The van der Waals surface area contributed by atoms with E-state index in [0.29, 0.717) is 11.1 Å². The zero-order chi connectivity index (χ0) is 9.97. The summed E-state index contributed by atoms with van der Waals surface area (Å²) in [4.78, 5) is 4.35. The minimum Gasteiger partial charge on any atom is -0.465 e. The lowest BCUT2D eigenvalue weighted by molar-refractivity contribution is 0.219. The van der Waals surface area contributed by atoms with Crippen LogP contribution >= 0.6 is 11.5 Å². The minimum atomic E-state index is 0.153. The Morgan fingerprint density at radius 3 is 3.07 bits per heavy atom. The molecule has 0 aromatic carbocycles. The molecule has 5 heteroatoms. The van der Waals surface area contributed by atoms with Crippen LogP contribution in [0.1, 0.15) is 31.5 Å². The smallest absolute Gasteiger partial charge is 0.293 e. The largest absolute Gasteiger partial charge is 0.465 e. The van der Waals surface area contributed by atoms with Gasteiger partial charge in [-0.1, -0.05) is 0 Å². The molecule has 1 atom stereocenters. The Labute approximate surface area is 87.9 Å². The Balaban J connectivity index is 1.88. The van der Waals surface area contributed by atoms with Crippen molar-refractivity contribution in [2.24, 2.45) is 0 Å². The lowest BCUT2D eigenvalue weighted by atomic mass is 10.4. The van der Waals surface area contributed by atoms with E-state index in [9.17, 15) is 0 Å². The van der Waals surface area contributed by atoms with Gasteiger partial charge in [0.15, 0.2) is 0 Å². The number of likely N-dealkylation sites (N-methyl/N-ethyl adjacent to an activating group) is 1. The number of nitrogens with one attached hydrogen (secondary N) is 1. The highest BCUT2D eigenvalue weighted by Gasteiger charge is 2.28. The van der Waals surface area contributed by atoms with Gasteiger partial charge in [-0.05, 0) is 26.8 Å². The number of rotatable bonds is 5. The van der Waals surface area contributed by atoms with Gasteiger partial charge < -0.3 is 10.1 Å². The summed E-state index contributed by atoms with van der Waals surface area (Å²) in [6, 6.07) is 0. The maximum Gasteiger partial charge on any atom is 0.293 e. The van der Waals surface area contributed by atoms with E-state index in [1.54, 1.807) is 0 Å². The molecule has 1 aromatic rings. The molecule has 1 aliphatic rings. The van der Waals surface area contributed by atoms with Gasteiger partial charge in [-0.3, -0.25) is 0 Å². The third-order valence-corrected chi connectivity index (χ3v) is 2.78. The predicted octanol–water partition coefficient (Wildman–Crippen LogP) is 1.40. The summed E-state index contributed by atoms with van der Waals surface area (Å²) in [5.41, 5.74) is 0. The molecular weight excluding hydrogens is 198 g/mol. The van der Waals surface area contributed by atoms with Crippen LogP contribution in [0.25, 0.3) is 0 Å². The average Bonchev–Trinajstić information content (AvgIpc) is 2.89. The topological polar surface area (TPSA) is 47.0 Å². The first-order valence-electron chi connectivity index (χ1n) is 4.94. The Morgan fingerprint density at radius 2 is 2.43 bits per heavy atom. The van der Waals surface area contributed by atoms with E-state index in [1.165, 1.54) is 24.4 Å². The molecule has 1 aromatic heterocycles. The molecule has 0 aliphatic heterocycles. The summed E-state index contributed by atoms with van der Waals surface area (Å²) < 4.78 is 9.87. The van der Waals surface area contributed by atoms with Gasteiger partial charge in [0.05, 0.1) is 0 Å². The van der Waals surface area contributed by atoms with Crippen molar-refractivity contribution in [1.29, 1.82) is 0 Å². The van der Waals surface area contributed by atoms with E-state index >= 15 is 0 Å². The van der Waals surface area contributed by atoms with Crippen LogP contribution in [0.5, 0.6) is 5.19 Å². The first kappa shape index (κ1) is 9.86. The fraction of sp³-hybridized carbons (Fsp3) is 0.778. The molecule has 1 fully saturated rings. The average molecular weight is 213 g/mol. The predicted molar refractivity (Wildman–Crippen MR) is 55.9 cm³/mol. The third kappa shape index (κ3) is 2.42. The van der Waals surface area contributed by atoms with Gasteiger partial charge in [-0.25, -0.2) is 0 Å². The lowest BCUT2D eigenvalue weighted by Gasteiger charge is -2.09. The van der Waals surface area contributed by atoms with E-state index in [2.05, 4.69) is 14.7 Å². The van der Waals surface area contributed by atoms with Crippen LogP contribution in [0.2, 0.25) is 0 Å². The van der Waals surface area contributed by atoms with E-state index in [0.717, 1.165) is 12.4 Å². The molecule has 2 rings (SSSR count). The second kappa shape index (κ2) is 4.23. The van der Waals surface area contributed by atoms with Crippen LogP contribution in [-0.2, 0) is 0 Å². The Bertz CT molecular complexity index is 298. The monoisotopic (exact) mass is 213 g/mol. The Kier molecular flexibility index (Phi) is 2.98. The number of aromatic nitrogens is 2. The molecule has 0 saturated heterocycles. The molecule has 1 N–H and O–H groups in total. The van der Waals surface area contributed by atoms with Crippen LogP contribution in [0.15, 0.2) is 0 Å². The molecule has 0 spiro atoms. The SMILES string of the molecule is CNCC(C)Oc1nc(C2CC2)ns1. The molecular formula is C9H15N3OS. The number of nitrogens with zero attached hydrogens (tertiary/aromatic N) is 2. The Morgan fingerprint density at radius 1 is 1.64 bits per heavy atom. The van der Waals surface area contributed by atoms with Crippen molar-refractivity contribution in [3.05, 3.63) is 5.82 Å². The highest BCUT2D eigenvalue weighted by molar-refractivity contribution is 7.07. The number of hydrogen-bond acceptors (Lipinski definition) is 5. The minimum absolute atomic E-state index is 0.153. The lowest BCUT2D eigenvalue weighted by Crippen LogP contribution is -2.25. The first-order valence-corrected chi connectivity index (χ1v) is 5.72. The van der Waals surface area contributed by atoms with Crippen molar-refractivity contribution in [1.82, 2.24) is 14.7 Å². The molecule has 0 bridgehead atoms. The van der Waals surface area contributed by atoms with Gasteiger partial charge in [0.2, 0.25) is 0 Å². The summed E-state index contributed by atoms with van der Waals surface area (Å²) in [6.45, 7) is 2.85. The summed E-state index contributed by atoms with van der Waals surface area (Å²) in [7, 11) is 1.91. The van der Waals surface area contributed by atoms with Crippen molar-refractivity contribution in [2.45, 2.75) is 31.8 Å². The summed E-state index contributed by atoms with van der Waals surface area (Å²) in [5.74, 6) is 1.59. The van der Waals surface area contributed by atoms with Crippen molar-refractivity contribution in [3.8, 4) is 5.19 Å². The maximum atomic E-state index is 5.60. The van der Waals surface area contributed by atoms with Gasteiger partial charge in [0.25, 0.3) is 5.19 Å². The fourth-order valence-electron chi connectivity index (χ4n) is 1.28. The molecule has 1 saturated carbocycles. The molecule has 14 heavy (non-hydrogen) atoms. The quantitative estimate of drug-likeness (QED) is 0.803. The third-order valence-electron chi connectivity index (χ3n) is 2.16. The highest BCUT2D eigenvalue weighted by atomic mass is 32.1. The number of ether oxygens (including phenoxy) is 1. The fourth-order valence-corrected chi connectivity index (χ4v) is 1.98. The zero-order valence-corrected chi connectivity index (χ0v) is 9.30. The summed E-state index contributed by atoms with van der Waals surface area (Å²) >= 11 is 1.36. The van der Waals surface area contributed by atoms with Crippen LogP contribution < -0.4 is 10.1 Å². The van der Waals surface area contributed by atoms with E-state index in [4.69, 9.17) is 4.74 Å². The van der Waals surface area contributed by atoms with Crippen molar-refractivity contribution in [3.63, 3.8) is 0 Å². The molecule has 0 radical (unpaired) electrons. The maximum absolute atomic E-state index is 5.60. The summed E-state index contributed by atoms with van der Waals surface area (Å²) in [6.07, 6.45) is 2.63. The molecule has 78 valence electrons. The normalized spacial score (nSPS) is 18.1. The second-order valence-corrected chi connectivity index (χ2v) is 4.39. The van der Waals surface area contributed by atoms with E-state index < -0.39 is 0 Å². The van der Waals surface area contributed by atoms with Crippen molar-refractivity contribution >= 4 is 11.5 Å². The van der Waals surface area contributed by atoms with Crippen LogP contribution in [-0.4, -0.2) is 29.1 Å². The van der Waals surface area contributed by atoms with Gasteiger partial charge in [0, 0.05) is 24.0 Å².